The predicted octanol–water partition coefficient (Wildman–Crippen LogP) is 1.88. The lowest BCUT2D eigenvalue weighted by Crippen LogP contribution is -2.56. The second kappa shape index (κ2) is 10.7. The average Bonchev–Trinajstić information content (AvgIpc) is 3.09. The summed E-state index contributed by atoms with van der Waals surface area (Å²) < 4.78 is 0. The Kier molecular flexibility index (Phi) is 8.54. The Morgan fingerprint density at radius 3 is 2.53 bits per heavy atom. The summed E-state index contributed by atoms with van der Waals surface area (Å²) in [4.78, 5) is 53.8. The van der Waals surface area contributed by atoms with Gasteiger partial charge in [0, 0.05) is 30.6 Å². The molecule has 10 heteroatoms. The number of hydrogen-bond donors (Lipinski definition) is 3. The molecule has 2 rings (SSSR count). The van der Waals surface area contributed by atoms with Crippen molar-refractivity contribution in [2.45, 2.75) is 50.6 Å². The van der Waals surface area contributed by atoms with E-state index in [1.54, 1.807) is 17.8 Å². The van der Waals surface area contributed by atoms with Gasteiger partial charge in [0.05, 0.1) is 12.6 Å². The zero-order chi connectivity index (χ0) is 24.1. The number of anilines is 1. The number of nitrogens with one attached hydrogen (secondary N) is 2. The summed E-state index contributed by atoms with van der Waals surface area (Å²) in [5, 5.41) is 5.62. The maximum absolute atomic E-state index is 13.1. The molecule has 0 spiro atoms. The van der Waals surface area contributed by atoms with Gasteiger partial charge in [0.2, 0.25) is 17.7 Å². The van der Waals surface area contributed by atoms with Gasteiger partial charge in [-0.3, -0.25) is 14.4 Å². The molecule has 9 nitrogen and oxygen atoms in total. The molecule has 176 valence electrons. The van der Waals surface area contributed by atoms with Crippen LogP contribution in [0.2, 0.25) is 0 Å². The molecule has 1 aromatic rings. The number of rotatable bonds is 7. The van der Waals surface area contributed by atoms with Crippen LogP contribution in [0, 0.1) is 5.41 Å². The molecule has 1 heterocycles. The zero-order valence-corrected chi connectivity index (χ0v) is 20.1. The normalized spacial score (nSPS) is 18.2. The molecule has 1 aliphatic heterocycles. The Bertz CT molecular complexity index is 870. The van der Waals surface area contributed by atoms with E-state index < -0.39 is 29.9 Å². The Labute approximate surface area is 193 Å². The fourth-order valence-electron chi connectivity index (χ4n) is 3.66. The molecule has 1 aromatic carbocycles. The zero-order valence-electron chi connectivity index (χ0n) is 19.3. The van der Waals surface area contributed by atoms with Crippen LogP contribution in [0.4, 0.5) is 10.5 Å². The molecule has 4 N–H and O–H groups in total. The number of likely N-dealkylation sites (tertiary alicyclic amines) is 1. The SMILES string of the molecule is CSc1cccc(NC(=O)NC2CCN(C(=O)CC(C)(C)C)C2C(=O)N(C)CC(N)=O)c1. The average molecular weight is 464 g/mol. The van der Waals surface area contributed by atoms with E-state index in [9.17, 15) is 19.2 Å². The van der Waals surface area contributed by atoms with Crippen LogP contribution in [0.1, 0.15) is 33.6 Å². The first-order chi connectivity index (χ1) is 14.9. The first-order valence-electron chi connectivity index (χ1n) is 10.5. The minimum Gasteiger partial charge on any atom is -0.368 e. The standard InChI is InChI=1S/C22H33N5O4S/c1-22(2,3)12-18(29)27-10-9-16(19(27)20(30)26(4)13-17(23)28)25-21(31)24-14-7-6-8-15(11-14)32-5/h6-8,11,16,19H,9-10,12-13H2,1-5H3,(H2,23,28)(H2,24,25,31). The second-order valence-corrected chi connectivity index (χ2v) is 10.0. The third kappa shape index (κ3) is 7.15. The Balaban J connectivity index is 2.19. The lowest BCUT2D eigenvalue weighted by Gasteiger charge is -2.32. The van der Waals surface area contributed by atoms with Crippen molar-refractivity contribution in [2.24, 2.45) is 11.1 Å². The predicted molar refractivity (Wildman–Crippen MR) is 125 cm³/mol. The molecular formula is C22H33N5O4S. The van der Waals surface area contributed by atoms with Crippen LogP contribution in [-0.2, 0) is 14.4 Å². The minimum atomic E-state index is -0.905. The van der Waals surface area contributed by atoms with E-state index in [1.165, 1.54) is 16.8 Å². The highest BCUT2D eigenvalue weighted by Gasteiger charge is 2.44. The molecule has 0 radical (unpaired) electrons. The Hall–Kier alpha value is -2.75. The molecule has 0 aliphatic carbocycles. The van der Waals surface area contributed by atoms with E-state index >= 15 is 0 Å². The van der Waals surface area contributed by atoms with Crippen molar-refractivity contribution >= 4 is 41.2 Å². The fraction of sp³-hybridized carbons (Fsp3) is 0.545. The molecule has 1 aliphatic rings. The smallest absolute Gasteiger partial charge is 0.319 e. The van der Waals surface area contributed by atoms with Crippen molar-refractivity contribution in [3.05, 3.63) is 24.3 Å². The molecule has 0 aromatic heterocycles. The first kappa shape index (κ1) is 25.5. The van der Waals surface area contributed by atoms with Crippen LogP contribution in [0.25, 0.3) is 0 Å². The van der Waals surface area contributed by atoms with E-state index in [1.807, 2.05) is 45.2 Å². The highest BCUT2D eigenvalue weighted by molar-refractivity contribution is 7.98. The van der Waals surface area contributed by atoms with Gasteiger partial charge < -0.3 is 26.2 Å². The number of thioether (sulfide) groups is 1. The summed E-state index contributed by atoms with van der Waals surface area (Å²) in [5.74, 6) is -1.25. The molecule has 1 saturated heterocycles. The maximum atomic E-state index is 13.1. The van der Waals surface area contributed by atoms with E-state index in [0.29, 0.717) is 18.7 Å². The molecular weight excluding hydrogens is 430 g/mol. The van der Waals surface area contributed by atoms with Crippen molar-refractivity contribution in [3.8, 4) is 0 Å². The van der Waals surface area contributed by atoms with Gasteiger partial charge >= 0.3 is 6.03 Å². The van der Waals surface area contributed by atoms with Crippen molar-refractivity contribution in [2.75, 3.05) is 31.7 Å². The molecule has 2 unspecified atom stereocenters. The summed E-state index contributed by atoms with van der Waals surface area (Å²) in [5.41, 5.74) is 5.61. The van der Waals surface area contributed by atoms with E-state index in [0.717, 1.165) is 4.90 Å². The topological polar surface area (TPSA) is 125 Å². The van der Waals surface area contributed by atoms with Gasteiger partial charge in [-0.1, -0.05) is 26.8 Å². The van der Waals surface area contributed by atoms with Gasteiger partial charge in [-0.05, 0) is 36.3 Å². The molecule has 32 heavy (non-hydrogen) atoms. The van der Waals surface area contributed by atoms with Crippen LogP contribution in [0.5, 0.6) is 0 Å². The molecule has 2 atom stereocenters. The Morgan fingerprint density at radius 1 is 1.25 bits per heavy atom. The lowest BCUT2D eigenvalue weighted by molar-refractivity contribution is -0.145. The van der Waals surface area contributed by atoms with Crippen molar-refractivity contribution in [1.29, 1.82) is 0 Å². The number of nitrogens with two attached hydrogens (primary N) is 1. The van der Waals surface area contributed by atoms with Gasteiger partial charge in [0.1, 0.15) is 6.04 Å². The molecule has 1 fully saturated rings. The van der Waals surface area contributed by atoms with Crippen LogP contribution in [0.3, 0.4) is 0 Å². The number of urea groups is 1. The summed E-state index contributed by atoms with van der Waals surface area (Å²) in [6.45, 7) is 5.91. The van der Waals surface area contributed by atoms with Gasteiger partial charge in [0.25, 0.3) is 0 Å². The van der Waals surface area contributed by atoms with Crippen molar-refractivity contribution < 1.29 is 19.2 Å². The molecule has 0 saturated carbocycles. The number of benzene rings is 1. The quantitative estimate of drug-likeness (QED) is 0.533. The van der Waals surface area contributed by atoms with Crippen molar-refractivity contribution in [3.63, 3.8) is 0 Å². The van der Waals surface area contributed by atoms with Gasteiger partial charge in [0.15, 0.2) is 0 Å². The number of nitrogens with zero attached hydrogens (tertiary/aromatic N) is 2. The maximum Gasteiger partial charge on any atom is 0.319 e. The monoisotopic (exact) mass is 463 g/mol. The largest absolute Gasteiger partial charge is 0.368 e. The lowest BCUT2D eigenvalue weighted by atomic mass is 9.91. The minimum absolute atomic E-state index is 0.166. The number of hydrogen-bond acceptors (Lipinski definition) is 5. The number of carbonyl (C=O) groups is 4. The number of likely N-dealkylation sites (N-methyl/N-ethyl adjacent to an activating group) is 1. The summed E-state index contributed by atoms with van der Waals surface area (Å²) in [6, 6.07) is 5.44. The summed E-state index contributed by atoms with van der Waals surface area (Å²) in [6.07, 6.45) is 2.63. The van der Waals surface area contributed by atoms with Crippen LogP contribution in [-0.4, -0.2) is 72.0 Å². The van der Waals surface area contributed by atoms with Gasteiger partial charge in [-0.25, -0.2) is 4.79 Å². The molecule has 5 amide bonds. The number of carbonyl (C=O) groups excluding carboxylic acids is 4. The van der Waals surface area contributed by atoms with Crippen molar-refractivity contribution in [1.82, 2.24) is 15.1 Å². The first-order valence-corrected chi connectivity index (χ1v) is 11.7. The Morgan fingerprint density at radius 2 is 1.94 bits per heavy atom. The van der Waals surface area contributed by atoms with E-state index in [2.05, 4.69) is 10.6 Å². The number of primary amides is 1. The number of amides is 5. The summed E-state index contributed by atoms with van der Waals surface area (Å²) >= 11 is 1.56. The highest BCUT2D eigenvalue weighted by atomic mass is 32.2. The van der Waals surface area contributed by atoms with E-state index in [-0.39, 0.29) is 24.3 Å². The highest BCUT2D eigenvalue weighted by Crippen LogP contribution is 2.26. The second-order valence-electron chi connectivity index (χ2n) is 9.16. The van der Waals surface area contributed by atoms with Gasteiger partial charge in [-0.15, -0.1) is 11.8 Å². The van der Waals surface area contributed by atoms with Crippen LogP contribution >= 0.6 is 11.8 Å². The fourth-order valence-corrected chi connectivity index (χ4v) is 4.12. The third-order valence-corrected chi connectivity index (χ3v) is 5.79. The van der Waals surface area contributed by atoms with Crippen LogP contribution in [0.15, 0.2) is 29.2 Å². The summed E-state index contributed by atoms with van der Waals surface area (Å²) in [7, 11) is 1.46. The van der Waals surface area contributed by atoms with E-state index in [4.69, 9.17) is 5.73 Å². The van der Waals surface area contributed by atoms with Crippen LogP contribution < -0.4 is 16.4 Å². The third-order valence-electron chi connectivity index (χ3n) is 5.07. The van der Waals surface area contributed by atoms with Gasteiger partial charge in [-0.2, -0.15) is 0 Å². The molecule has 0 bridgehead atoms.